The van der Waals surface area contributed by atoms with Crippen LogP contribution in [0.1, 0.15) is 5.76 Å². The highest BCUT2D eigenvalue weighted by Gasteiger charge is 2.23. The van der Waals surface area contributed by atoms with E-state index in [4.69, 9.17) is 21.4 Å². The fraction of sp³-hybridized carbons (Fsp3) is 0.0588. The van der Waals surface area contributed by atoms with E-state index in [1.54, 1.807) is 31.8 Å². The summed E-state index contributed by atoms with van der Waals surface area (Å²) in [6, 6.07) is 5.51. The molecule has 0 unspecified atom stereocenters. The van der Waals surface area contributed by atoms with Gasteiger partial charge in [-0.05, 0) is 17.7 Å². The second-order valence-electron chi connectivity index (χ2n) is 5.19. The van der Waals surface area contributed by atoms with E-state index in [0.717, 1.165) is 16.5 Å². The third-order valence-electron chi connectivity index (χ3n) is 3.61. The maximum Gasteiger partial charge on any atom is 0.263 e. The molecular weight excluding hydrogens is 358 g/mol. The summed E-state index contributed by atoms with van der Waals surface area (Å²) in [5.74, 6) is 0.858. The highest BCUT2D eigenvalue weighted by atomic mass is 32.2. The molecule has 1 aliphatic rings. The van der Waals surface area contributed by atoms with Crippen LogP contribution in [0.25, 0.3) is 28.2 Å². The van der Waals surface area contributed by atoms with Crippen LogP contribution in [-0.4, -0.2) is 27.3 Å². The number of aromatic nitrogens is 2. The minimum Gasteiger partial charge on any atom is -0.481 e. The lowest BCUT2D eigenvalue weighted by Crippen LogP contribution is -2.17. The summed E-state index contributed by atoms with van der Waals surface area (Å²) in [6.45, 7) is 0. The van der Waals surface area contributed by atoms with Gasteiger partial charge >= 0.3 is 0 Å². The molecule has 4 rings (SSSR count). The van der Waals surface area contributed by atoms with Crippen LogP contribution in [0.5, 0.6) is 5.88 Å². The second-order valence-corrected chi connectivity index (χ2v) is 6.91. The van der Waals surface area contributed by atoms with Crippen molar-refractivity contribution >= 4 is 51.3 Å². The predicted octanol–water partition coefficient (Wildman–Crippen LogP) is 3.39. The number of pyridine rings is 2. The van der Waals surface area contributed by atoms with Gasteiger partial charge in [0.05, 0.1) is 12.0 Å². The number of nitrogens with one attached hydrogen (secondary N) is 1. The van der Waals surface area contributed by atoms with Crippen LogP contribution in [0.15, 0.2) is 46.1 Å². The molecule has 0 aromatic carbocycles. The van der Waals surface area contributed by atoms with Gasteiger partial charge in [0.15, 0.2) is 0 Å². The number of methoxy groups -OCH3 is 1. The molecule has 3 aromatic heterocycles. The number of fused-ring (bicyclic) bond motifs is 1. The first-order chi connectivity index (χ1) is 12.1. The number of rotatable bonds is 3. The second kappa shape index (κ2) is 6.30. The van der Waals surface area contributed by atoms with Crippen molar-refractivity contribution in [3.8, 4) is 17.0 Å². The van der Waals surface area contributed by atoms with Crippen molar-refractivity contribution < 1.29 is 13.9 Å². The summed E-state index contributed by atoms with van der Waals surface area (Å²) in [6.07, 6.45) is 6.79. The SMILES string of the molecule is COc1cc(-c2cncc3cc(/C=C4/SC(=S)NC4=O)oc23)ccn1. The Kier molecular flexibility index (Phi) is 3.98. The minimum atomic E-state index is -0.215. The zero-order valence-corrected chi connectivity index (χ0v) is 14.6. The Morgan fingerprint density at radius 1 is 1.36 bits per heavy atom. The molecule has 1 aliphatic heterocycles. The molecule has 0 spiro atoms. The van der Waals surface area contributed by atoms with Crippen LogP contribution >= 0.6 is 24.0 Å². The lowest BCUT2D eigenvalue weighted by Gasteiger charge is -2.04. The maximum atomic E-state index is 11.8. The summed E-state index contributed by atoms with van der Waals surface area (Å²) >= 11 is 6.21. The molecule has 1 fully saturated rings. The normalized spacial score (nSPS) is 15.8. The maximum absolute atomic E-state index is 11.8. The van der Waals surface area contributed by atoms with Gasteiger partial charge in [-0.15, -0.1) is 0 Å². The number of thiocarbonyl (C=S) groups is 1. The molecule has 0 radical (unpaired) electrons. The van der Waals surface area contributed by atoms with Crippen LogP contribution in [0.4, 0.5) is 0 Å². The first-order valence-electron chi connectivity index (χ1n) is 7.27. The van der Waals surface area contributed by atoms with E-state index in [9.17, 15) is 4.79 Å². The first-order valence-corrected chi connectivity index (χ1v) is 8.49. The van der Waals surface area contributed by atoms with Gasteiger partial charge in [-0.2, -0.15) is 0 Å². The third-order valence-corrected chi connectivity index (χ3v) is 4.77. The summed E-state index contributed by atoms with van der Waals surface area (Å²) in [5.41, 5.74) is 2.38. The van der Waals surface area contributed by atoms with Gasteiger partial charge in [-0.3, -0.25) is 9.78 Å². The molecule has 8 heteroatoms. The van der Waals surface area contributed by atoms with Crippen LogP contribution < -0.4 is 10.1 Å². The molecule has 3 aromatic rings. The van der Waals surface area contributed by atoms with Crippen LogP contribution in [0.3, 0.4) is 0 Å². The monoisotopic (exact) mass is 369 g/mol. The molecule has 1 N–H and O–H groups in total. The topological polar surface area (TPSA) is 77.2 Å². The van der Waals surface area contributed by atoms with Crippen molar-refractivity contribution in [1.82, 2.24) is 15.3 Å². The average Bonchev–Trinajstić information content (AvgIpc) is 3.17. The number of furan rings is 1. The van der Waals surface area contributed by atoms with Crippen LogP contribution in [0, 0.1) is 0 Å². The third kappa shape index (κ3) is 3.01. The number of carbonyl (C=O) groups is 1. The predicted molar refractivity (Wildman–Crippen MR) is 100 cm³/mol. The Labute approximate surface area is 152 Å². The molecule has 1 amide bonds. The number of carbonyl (C=O) groups excluding carboxylic acids is 1. The van der Waals surface area contributed by atoms with E-state index >= 15 is 0 Å². The largest absolute Gasteiger partial charge is 0.481 e. The molecule has 1 saturated heterocycles. The number of thioether (sulfide) groups is 1. The number of hydrogen-bond acceptors (Lipinski definition) is 7. The van der Waals surface area contributed by atoms with E-state index in [0.29, 0.717) is 26.4 Å². The minimum absolute atomic E-state index is 0.215. The van der Waals surface area contributed by atoms with Crippen molar-refractivity contribution in [2.45, 2.75) is 0 Å². The lowest BCUT2D eigenvalue weighted by molar-refractivity contribution is -0.115. The van der Waals surface area contributed by atoms with E-state index in [1.165, 1.54) is 11.8 Å². The molecule has 6 nitrogen and oxygen atoms in total. The Bertz CT molecular complexity index is 1040. The highest BCUT2D eigenvalue weighted by Crippen LogP contribution is 2.33. The number of ether oxygens (including phenoxy) is 1. The Morgan fingerprint density at radius 3 is 3.00 bits per heavy atom. The van der Waals surface area contributed by atoms with Crippen LogP contribution in [-0.2, 0) is 4.79 Å². The molecule has 25 heavy (non-hydrogen) atoms. The summed E-state index contributed by atoms with van der Waals surface area (Å²) in [7, 11) is 1.57. The van der Waals surface area contributed by atoms with Gasteiger partial charge in [0.2, 0.25) is 5.88 Å². The standard InChI is InChI=1S/C17H11N3O3S2/c1-22-14-5-9(2-3-19-14)12-8-18-7-10-4-11(23-15(10)12)6-13-16(21)20-17(24)25-13/h2-8H,1H3,(H,20,21,24)/b13-6+. The quantitative estimate of drug-likeness (QED) is 0.560. The van der Waals surface area contributed by atoms with Gasteiger partial charge < -0.3 is 14.5 Å². The van der Waals surface area contributed by atoms with Crippen LogP contribution in [0.2, 0.25) is 0 Å². The summed E-state index contributed by atoms with van der Waals surface area (Å²) in [4.78, 5) is 20.7. The number of hydrogen-bond donors (Lipinski definition) is 1. The van der Waals surface area contributed by atoms with Gasteiger partial charge in [0, 0.05) is 41.7 Å². The fourth-order valence-electron chi connectivity index (χ4n) is 2.50. The molecule has 0 saturated carbocycles. The van der Waals surface area contributed by atoms with E-state index in [2.05, 4.69) is 15.3 Å². The van der Waals surface area contributed by atoms with E-state index in [-0.39, 0.29) is 5.91 Å². The van der Waals surface area contributed by atoms with Crippen molar-refractivity contribution in [3.05, 3.63) is 47.5 Å². The summed E-state index contributed by atoms with van der Waals surface area (Å²) < 4.78 is 11.6. The van der Waals surface area contributed by atoms with Crippen molar-refractivity contribution in [3.63, 3.8) is 0 Å². The summed E-state index contributed by atoms with van der Waals surface area (Å²) in [5, 5.41) is 3.42. The molecule has 4 heterocycles. The number of nitrogens with zero attached hydrogens (tertiary/aromatic N) is 2. The average molecular weight is 369 g/mol. The van der Waals surface area contributed by atoms with Gasteiger partial charge in [0.25, 0.3) is 5.91 Å². The van der Waals surface area contributed by atoms with E-state index in [1.807, 2.05) is 18.2 Å². The molecule has 0 aliphatic carbocycles. The van der Waals surface area contributed by atoms with Gasteiger partial charge in [-0.1, -0.05) is 24.0 Å². The Balaban J connectivity index is 1.80. The smallest absolute Gasteiger partial charge is 0.263 e. The van der Waals surface area contributed by atoms with Gasteiger partial charge in [0.1, 0.15) is 15.7 Å². The zero-order valence-electron chi connectivity index (χ0n) is 13.0. The van der Waals surface area contributed by atoms with E-state index < -0.39 is 0 Å². The molecule has 124 valence electrons. The van der Waals surface area contributed by atoms with Crippen molar-refractivity contribution in [2.24, 2.45) is 0 Å². The molecular formula is C17H11N3O3S2. The van der Waals surface area contributed by atoms with Crippen molar-refractivity contribution in [1.29, 1.82) is 0 Å². The number of amides is 1. The highest BCUT2D eigenvalue weighted by molar-refractivity contribution is 8.26. The van der Waals surface area contributed by atoms with Gasteiger partial charge in [-0.25, -0.2) is 4.98 Å². The molecule has 0 bridgehead atoms. The zero-order chi connectivity index (χ0) is 17.4. The fourth-order valence-corrected chi connectivity index (χ4v) is 3.52. The Hall–Kier alpha value is -2.71. The molecule has 0 atom stereocenters. The first kappa shape index (κ1) is 15.8. The lowest BCUT2D eigenvalue weighted by atomic mass is 10.1. The Morgan fingerprint density at radius 2 is 2.24 bits per heavy atom. The van der Waals surface area contributed by atoms with Crippen molar-refractivity contribution in [2.75, 3.05) is 7.11 Å².